The quantitative estimate of drug-likeness (QED) is 0.130. The van der Waals surface area contributed by atoms with Gasteiger partial charge in [0.05, 0.1) is 74.1 Å². The minimum Gasteiger partial charge on any atom is -0.540 e. The Balaban J connectivity index is 0.000000201. The van der Waals surface area contributed by atoms with Crippen molar-refractivity contribution >= 4 is 58.4 Å². The standard InChI is InChI=1S/C37H48N3O6.C37H50N3O6.2V/c1-22-31(21-41)40-20-33(22)46-35-29(38-28-13-12-24(44-3)18-30(28)39-35)11-7-4-6-10-25-26-16-23(26)17-32(25)45-34(42)19-27(36(40)43)37(2)14-8-5-9-15-37;1-24-31(23-41)40-22-32(24)45-34-29(38-28-16-15-26(44-4)20-30(28)39-34)14-8-5-7-12-25-13-11-19-37(25,3)46-33(42)21-27(35(40)43)36(2)17-9-6-10-18-36;;/h12-13,18,22-23,25-27,31-33H,4-11,14-17,19-20H2,1-3H3;15-16,20,24-25,27,31-32H,5-14,17-19,21-22H2,1-4H3;;/q2*-1;;/t22-,23?,25+,26?,27+,31+,32+,33-;24-,25+,27+,31+,32-,37+;;/m00../s1. The van der Waals surface area contributed by atoms with Gasteiger partial charge in [0.2, 0.25) is 23.6 Å². The molecule has 13 rings (SSSR count). The first kappa shape index (κ1) is 71.5. The van der Waals surface area contributed by atoms with Gasteiger partial charge in [-0.3, -0.25) is 19.2 Å². The van der Waals surface area contributed by atoms with E-state index in [2.05, 4.69) is 33.3 Å². The summed E-state index contributed by atoms with van der Waals surface area (Å²) in [4.78, 5) is 105. The van der Waals surface area contributed by atoms with E-state index in [0.717, 1.165) is 164 Å². The number of carbonyl (C=O) groups is 4. The van der Waals surface area contributed by atoms with E-state index in [1.165, 1.54) is 6.42 Å². The molecule has 2 aromatic carbocycles. The molecule has 2 unspecified atom stereocenters. The Labute approximate surface area is 579 Å². The van der Waals surface area contributed by atoms with Crippen molar-refractivity contribution in [3.8, 4) is 23.3 Å². The van der Waals surface area contributed by atoms with Crippen LogP contribution in [0.4, 0.5) is 0 Å². The van der Waals surface area contributed by atoms with Gasteiger partial charge >= 0.3 is 11.9 Å². The van der Waals surface area contributed by atoms with E-state index in [0.29, 0.717) is 70.8 Å². The van der Waals surface area contributed by atoms with Crippen molar-refractivity contribution in [2.75, 3.05) is 27.3 Å². The number of nitrogens with zero attached hydrogens (tertiary/aromatic N) is 6. The maximum atomic E-state index is 14.6. The Kier molecular flexibility index (Phi) is 23.3. The maximum absolute atomic E-state index is 14.6. The van der Waals surface area contributed by atoms with Gasteiger partial charge in [0, 0.05) is 49.2 Å². The Bertz CT molecular complexity index is 3260. The van der Waals surface area contributed by atoms with Crippen LogP contribution in [0.15, 0.2) is 36.4 Å². The van der Waals surface area contributed by atoms with E-state index < -0.39 is 41.7 Å². The van der Waals surface area contributed by atoms with E-state index in [9.17, 15) is 28.8 Å². The smallest absolute Gasteiger partial charge is 0.307 e. The first-order valence-corrected chi connectivity index (χ1v) is 35.2. The predicted molar refractivity (Wildman–Crippen MR) is 346 cm³/mol. The molecule has 5 aliphatic carbocycles. The summed E-state index contributed by atoms with van der Waals surface area (Å²) in [7, 11) is 3.25. The fourth-order valence-corrected chi connectivity index (χ4v) is 18.0. The van der Waals surface area contributed by atoms with Gasteiger partial charge in [-0.25, -0.2) is 32.5 Å². The zero-order valence-electron chi connectivity index (χ0n) is 56.5. The number of amides is 2. The number of esters is 2. The average Bonchev–Trinajstić information content (AvgIpc) is 1.59. The van der Waals surface area contributed by atoms with Gasteiger partial charge in [-0.05, 0) is 174 Å². The summed E-state index contributed by atoms with van der Waals surface area (Å²) in [6.45, 7) is 10.7. The molecule has 18 nitrogen and oxygen atoms in total. The first-order chi connectivity index (χ1) is 44.4. The topological polar surface area (TPSA) is 216 Å². The fourth-order valence-electron chi connectivity index (χ4n) is 18.0. The molecular weight excluding hydrogens is 1270 g/mol. The molecule has 14 atom stereocenters. The third-order valence-electron chi connectivity index (χ3n) is 23.9. The minimum atomic E-state index is -0.779. The molecule has 508 valence electrons. The molecule has 4 aliphatic heterocycles. The normalized spacial score (nSPS) is 32.9. The second-order valence-electron chi connectivity index (χ2n) is 29.9. The molecule has 9 aliphatic rings. The van der Waals surface area contributed by atoms with Gasteiger partial charge in [-0.2, -0.15) is 0 Å². The van der Waals surface area contributed by atoms with Crippen LogP contribution >= 0.6 is 0 Å². The van der Waals surface area contributed by atoms with Gasteiger partial charge < -0.3 is 47.8 Å². The maximum Gasteiger partial charge on any atom is 0.307 e. The number of hydrogen-bond donors (Lipinski definition) is 0. The van der Waals surface area contributed by atoms with Crippen LogP contribution in [0.2, 0.25) is 0 Å². The Morgan fingerprint density at radius 1 is 0.511 bits per heavy atom. The van der Waals surface area contributed by atoms with Crippen LogP contribution in [0.5, 0.6) is 23.3 Å². The molecular formula is C74H98N6O12V2-2. The summed E-state index contributed by atoms with van der Waals surface area (Å²) < 4.78 is 36.7. The molecule has 5 saturated carbocycles. The molecule has 0 spiro atoms. The van der Waals surface area contributed by atoms with Crippen LogP contribution in [0.25, 0.3) is 22.1 Å². The Hall–Kier alpha value is -5.29. The number of rotatable bonds is 6. The van der Waals surface area contributed by atoms with Gasteiger partial charge in [-0.1, -0.05) is 104 Å². The SMILES string of the molecule is COc1ccc2nc3c(nc2c1)O[C@H]1CN(C(=O)[C@H](C2(C)CCCCC2)CC(=O)O[C@@H]2CC4CC4[C@H]2CCCCC3)[C@H]([C-]=O)[C@@H]1C.COc1ccc2nc3c(nc2c1)O[C@H]1CN(C(=O)[C@H](C2(C)CCCCC2)CC(=O)O[C@]2(C)CCC[C@H]2CCCCC3)[C@H]([C-]=O)[C@@H]1C.[V].[V]. The zero-order chi connectivity index (χ0) is 64.5. The van der Waals surface area contributed by atoms with Crippen LogP contribution in [-0.2, 0) is 88.2 Å². The van der Waals surface area contributed by atoms with Crippen molar-refractivity contribution in [1.82, 2.24) is 29.7 Å². The van der Waals surface area contributed by atoms with Crippen LogP contribution in [0, 0.1) is 58.2 Å². The molecule has 20 heteroatoms. The van der Waals surface area contributed by atoms with E-state index in [1.807, 2.05) is 50.2 Å². The molecule has 0 N–H and O–H groups in total. The fraction of sp³-hybridized carbons (Fsp3) is 0.703. The number of ether oxygens (including phenoxy) is 6. The molecule has 2 saturated heterocycles. The summed E-state index contributed by atoms with van der Waals surface area (Å²) in [5.74, 6) is 1.66. The van der Waals surface area contributed by atoms with Crippen molar-refractivity contribution < 1.29 is 94.3 Å². The summed E-state index contributed by atoms with van der Waals surface area (Å²) in [6, 6.07) is 9.75. The summed E-state index contributed by atoms with van der Waals surface area (Å²) in [5.41, 5.74) is 3.28. The minimum absolute atomic E-state index is 0. The number of methoxy groups -OCH3 is 2. The van der Waals surface area contributed by atoms with Gasteiger partial charge in [0.15, 0.2) is 0 Å². The van der Waals surface area contributed by atoms with Crippen LogP contribution in [-0.4, -0.2) is 129 Å². The van der Waals surface area contributed by atoms with Crippen molar-refractivity contribution in [3.05, 3.63) is 47.8 Å². The molecule has 94 heavy (non-hydrogen) atoms. The number of hydrogen-bond acceptors (Lipinski definition) is 16. The van der Waals surface area contributed by atoms with E-state index in [1.54, 1.807) is 24.0 Å². The Morgan fingerprint density at radius 3 is 1.47 bits per heavy atom. The number of fused-ring (bicyclic) bond motifs is 12. The third kappa shape index (κ3) is 15.2. The molecule has 2 radical (unpaired) electrons. The second kappa shape index (κ2) is 30.6. The van der Waals surface area contributed by atoms with Gasteiger partial charge in [0.1, 0.15) is 46.8 Å². The molecule has 2 amide bonds. The second-order valence-corrected chi connectivity index (χ2v) is 29.9. The van der Waals surface area contributed by atoms with E-state index >= 15 is 0 Å². The van der Waals surface area contributed by atoms with Crippen LogP contribution < -0.4 is 18.9 Å². The number of aryl methyl sites for hydroxylation is 2. The average molecular weight is 1370 g/mol. The van der Waals surface area contributed by atoms with Crippen molar-refractivity contribution in [1.29, 1.82) is 0 Å². The predicted octanol–water partition coefficient (Wildman–Crippen LogP) is 12.5. The number of benzene rings is 2. The summed E-state index contributed by atoms with van der Waals surface area (Å²) in [5, 5.41) is 0. The van der Waals surface area contributed by atoms with Crippen molar-refractivity contribution in [3.63, 3.8) is 0 Å². The summed E-state index contributed by atoms with van der Waals surface area (Å²) >= 11 is 0. The molecule has 4 aromatic rings. The van der Waals surface area contributed by atoms with E-state index in [4.69, 9.17) is 48.4 Å². The molecule has 2 aromatic heterocycles. The van der Waals surface area contributed by atoms with Crippen molar-refractivity contribution in [2.45, 2.75) is 244 Å². The first-order valence-electron chi connectivity index (χ1n) is 35.2. The van der Waals surface area contributed by atoms with E-state index in [-0.39, 0.29) is 116 Å². The number of aromatic nitrogens is 4. The largest absolute Gasteiger partial charge is 0.540 e. The molecule has 4 bridgehead atoms. The summed E-state index contributed by atoms with van der Waals surface area (Å²) in [6.07, 6.45) is 27.9. The Morgan fingerprint density at radius 2 is 0.979 bits per heavy atom. The molecule has 6 heterocycles. The molecule has 7 fully saturated rings. The monoisotopic (exact) mass is 1360 g/mol. The zero-order valence-corrected chi connectivity index (χ0v) is 59.2. The van der Waals surface area contributed by atoms with Gasteiger partial charge in [-0.15, -0.1) is 0 Å². The van der Waals surface area contributed by atoms with Gasteiger partial charge in [0.25, 0.3) is 0 Å². The van der Waals surface area contributed by atoms with Crippen LogP contribution in [0.3, 0.4) is 0 Å². The van der Waals surface area contributed by atoms with Crippen molar-refractivity contribution in [2.24, 2.45) is 58.2 Å². The number of carbonyl (C=O) groups excluding carboxylic acids is 6. The van der Waals surface area contributed by atoms with Crippen LogP contribution in [0.1, 0.15) is 207 Å². The third-order valence-corrected chi connectivity index (χ3v) is 23.9.